The summed E-state index contributed by atoms with van der Waals surface area (Å²) in [7, 11) is 0. The summed E-state index contributed by atoms with van der Waals surface area (Å²) in [6.45, 7) is 12.3. The summed E-state index contributed by atoms with van der Waals surface area (Å²) in [6.07, 6.45) is 4.98. The molecule has 2 aliphatic rings. The van der Waals surface area contributed by atoms with E-state index < -0.39 is 0 Å². The van der Waals surface area contributed by atoms with Gasteiger partial charge in [-0.15, -0.1) is 0 Å². The van der Waals surface area contributed by atoms with Gasteiger partial charge in [0.15, 0.2) is 0 Å². The molecule has 3 heteroatoms. The molecular formula is C15H30N2O. The van der Waals surface area contributed by atoms with Crippen LogP contribution in [0.5, 0.6) is 0 Å². The van der Waals surface area contributed by atoms with Crippen LogP contribution in [0.3, 0.4) is 0 Å². The van der Waals surface area contributed by atoms with Gasteiger partial charge >= 0.3 is 0 Å². The number of hydrogen-bond acceptors (Lipinski definition) is 3. The molecule has 2 rings (SSSR count). The highest BCUT2D eigenvalue weighted by molar-refractivity contribution is 4.99. The Morgan fingerprint density at radius 2 is 1.83 bits per heavy atom. The van der Waals surface area contributed by atoms with Gasteiger partial charge in [-0.2, -0.15) is 0 Å². The summed E-state index contributed by atoms with van der Waals surface area (Å²) < 4.78 is 5.55. The molecular weight excluding hydrogens is 224 g/mol. The monoisotopic (exact) mass is 254 g/mol. The van der Waals surface area contributed by atoms with Crippen LogP contribution >= 0.6 is 0 Å². The number of nitrogens with one attached hydrogen (secondary N) is 2. The molecule has 0 aromatic carbocycles. The van der Waals surface area contributed by atoms with E-state index in [2.05, 4.69) is 38.3 Å². The largest absolute Gasteiger partial charge is 0.381 e. The molecule has 0 bridgehead atoms. The Morgan fingerprint density at radius 3 is 2.39 bits per heavy atom. The Balaban J connectivity index is 1.81. The fourth-order valence-electron chi connectivity index (χ4n) is 3.77. The average molecular weight is 254 g/mol. The maximum atomic E-state index is 5.55. The van der Waals surface area contributed by atoms with E-state index in [-0.39, 0.29) is 11.1 Å². The van der Waals surface area contributed by atoms with Crippen LogP contribution < -0.4 is 10.6 Å². The topological polar surface area (TPSA) is 33.3 Å². The summed E-state index contributed by atoms with van der Waals surface area (Å²) in [6, 6.07) is 0.637. The van der Waals surface area contributed by atoms with Crippen LogP contribution in [0.15, 0.2) is 0 Å². The average Bonchev–Trinajstić information content (AvgIpc) is 2.24. The quantitative estimate of drug-likeness (QED) is 0.811. The molecule has 106 valence electrons. The van der Waals surface area contributed by atoms with Crippen LogP contribution in [0, 0.1) is 5.92 Å². The predicted molar refractivity (Wildman–Crippen MR) is 75.9 cm³/mol. The lowest BCUT2D eigenvalue weighted by Gasteiger charge is -2.47. The molecule has 0 saturated carbocycles. The Hall–Kier alpha value is -0.120. The summed E-state index contributed by atoms with van der Waals surface area (Å²) >= 11 is 0. The van der Waals surface area contributed by atoms with Gasteiger partial charge in [-0.3, -0.25) is 0 Å². The van der Waals surface area contributed by atoms with Crippen LogP contribution in [0.2, 0.25) is 0 Å². The zero-order valence-corrected chi connectivity index (χ0v) is 12.5. The highest BCUT2D eigenvalue weighted by atomic mass is 16.5. The van der Waals surface area contributed by atoms with Gasteiger partial charge in [-0.05, 0) is 59.3 Å². The first-order valence-electron chi connectivity index (χ1n) is 7.47. The van der Waals surface area contributed by atoms with E-state index in [0.29, 0.717) is 6.04 Å². The van der Waals surface area contributed by atoms with Crippen LogP contribution in [-0.2, 0) is 4.74 Å². The van der Waals surface area contributed by atoms with E-state index in [1.54, 1.807) is 0 Å². The minimum Gasteiger partial charge on any atom is -0.381 e. The van der Waals surface area contributed by atoms with Gasteiger partial charge in [-0.25, -0.2) is 0 Å². The van der Waals surface area contributed by atoms with Crippen molar-refractivity contribution in [3.63, 3.8) is 0 Å². The summed E-state index contributed by atoms with van der Waals surface area (Å²) in [5.41, 5.74) is 0.477. The lowest BCUT2D eigenvalue weighted by molar-refractivity contribution is 0.0508. The van der Waals surface area contributed by atoms with E-state index in [1.165, 1.54) is 25.7 Å². The van der Waals surface area contributed by atoms with Crippen molar-refractivity contribution in [2.45, 2.75) is 70.5 Å². The van der Waals surface area contributed by atoms with Crippen molar-refractivity contribution >= 4 is 0 Å². The first-order valence-corrected chi connectivity index (χ1v) is 7.47. The fraction of sp³-hybridized carbons (Fsp3) is 1.00. The molecule has 2 aliphatic heterocycles. The second kappa shape index (κ2) is 5.48. The molecule has 0 aromatic rings. The number of hydrogen-bond donors (Lipinski definition) is 2. The molecule has 1 unspecified atom stereocenters. The third-order valence-electron chi connectivity index (χ3n) is 4.14. The minimum absolute atomic E-state index is 0.239. The van der Waals surface area contributed by atoms with E-state index in [1.807, 2.05) is 0 Å². The zero-order chi connectivity index (χ0) is 13.2. The third-order valence-corrected chi connectivity index (χ3v) is 4.14. The van der Waals surface area contributed by atoms with Crippen molar-refractivity contribution in [1.29, 1.82) is 0 Å². The Morgan fingerprint density at radius 1 is 1.17 bits per heavy atom. The highest BCUT2D eigenvalue weighted by Gasteiger charge is 2.37. The second-order valence-corrected chi connectivity index (χ2v) is 7.49. The van der Waals surface area contributed by atoms with Crippen LogP contribution in [0.25, 0.3) is 0 Å². The van der Waals surface area contributed by atoms with Crippen molar-refractivity contribution in [2.24, 2.45) is 5.92 Å². The van der Waals surface area contributed by atoms with E-state index in [9.17, 15) is 0 Å². The van der Waals surface area contributed by atoms with Crippen molar-refractivity contribution in [1.82, 2.24) is 10.6 Å². The first kappa shape index (κ1) is 14.3. The second-order valence-electron chi connectivity index (χ2n) is 7.49. The molecule has 0 spiro atoms. The van der Waals surface area contributed by atoms with Gasteiger partial charge in [0.05, 0.1) is 6.61 Å². The first-order chi connectivity index (χ1) is 8.36. The lowest BCUT2D eigenvalue weighted by atomic mass is 9.79. The van der Waals surface area contributed by atoms with Gasteiger partial charge in [-0.1, -0.05) is 0 Å². The summed E-state index contributed by atoms with van der Waals surface area (Å²) in [4.78, 5) is 0. The number of ether oxygens (including phenoxy) is 1. The van der Waals surface area contributed by atoms with E-state index in [4.69, 9.17) is 4.74 Å². The van der Waals surface area contributed by atoms with E-state index in [0.717, 1.165) is 25.7 Å². The fourth-order valence-corrected chi connectivity index (χ4v) is 3.77. The molecule has 18 heavy (non-hydrogen) atoms. The minimum atomic E-state index is 0.239. The molecule has 2 heterocycles. The normalized spacial score (nSPS) is 32.3. The SMILES string of the molecule is CC1(C)CC(NCC2CCCOC2)CC(C)(C)N1. The standard InChI is InChI=1S/C15H30N2O/c1-14(2)8-13(9-15(3,4)17-14)16-10-12-6-5-7-18-11-12/h12-13,16-17H,5-11H2,1-4H3. The molecule has 0 amide bonds. The molecule has 1 atom stereocenters. The summed E-state index contributed by atoms with van der Waals surface area (Å²) in [5, 5.41) is 7.52. The zero-order valence-electron chi connectivity index (χ0n) is 12.5. The van der Waals surface area contributed by atoms with Crippen LogP contribution in [0.1, 0.15) is 53.4 Å². The van der Waals surface area contributed by atoms with Gasteiger partial charge in [0.2, 0.25) is 0 Å². The van der Waals surface area contributed by atoms with Crippen molar-refractivity contribution in [3.8, 4) is 0 Å². The predicted octanol–water partition coefficient (Wildman–Crippen LogP) is 2.31. The Kier molecular flexibility index (Phi) is 4.35. The Bertz CT molecular complexity index is 254. The van der Waals surface area contributed by atoms with Crippen LogP contribution in [-0.4, -0.2) is 36.9 Å². The molecule has 0 aliphatic carbocycles. The van der Waals surface area contributed by atoms with Crippen molar-refractivity contribution < 1.29 is 4.74 Å². The maximum absolute atomic E-state index is 5.55. The van der Waals surface area contributed by atoms with E-state index >= 15 is 0 Å². The van der Waals surface area contributed by atoms with Gasteiger partial charge in [0, 0.05) is 30.3 Å². The molecule has 0 aromatic heterocycles. The molecule has 2 fully saturated rings. The van der Waals surface area contributed by atoms with Crippen LogP contribution in [0.4, 0.5) is 0 Å². The Labute approximate surface area is 112 Å². The molecule has 0 radical (unpaired) electrons. The lowest BCUT2D eigenvalue weighted by Crippen LogP contribution is -2.62. The maximum Gasteiger partial charge on any atom is 0.0506 e. The molecule has 2 saturated heterocycles. The van der Waals surface area contributed by atoms with Gasteiger partial charge in [0.25, 0.3) is 0 Å². The van der Waals surface area contributed by atoms with Gasteiger partial charge in [0.1, 0.15) is 0 Å². The van der Waals surface area contributed by atoms with Crippen molar-refractivity contribution in [2.75, 3.05) is 19.8 Å². The van der Waals surface area contributed by atoms with Gasteiger partial charge < -0.3 is 15.4 Å². The third kappa shape index (κ3) is 4.22. The van der Waals surface area contributed by atoms with Crippen molar-refractivity contribution in [3.05, 3.63) is 0 Å². The molecule has 2 N–H and O–H groups in total. The molecule has 3 nitrogen and oxygen atoms in total. The smallest absolute Gasteiger partial charge is 0.0506 e. The summed E-state index contributed by atoms with van der Waals surface area (Å²) in [5.74, 6) is 0.722. The highest BCUT2D eigenvalue weighted by Crippen LogP contribution is 2.28. The number of piperidine rings is 1. The number of rotatable bonds is 3.